The predicted octanol–water partition coefficient (Wildman–Crippen LogP) is 4.28. The van der Waals surface area contributed by atoms with Gasteiger partial charge in [-0.2, -0.15) is 0 Å². The summed E-state index contributed by atoms with van der Waals surface area (Å²) in [5.74, 6) is 0.726. The molecule has 1 aliphatic carbocycles. The Balaban J connectivity index is 2.10. The van der Waals surface area contributed by atoms with E-state index in [-0.39, 0.29) is 10.6 Å². The van der Waals surface area contributed by atoms with Crippen LogP contribution in [0, 0.1) is 23.0 Å². The summed E-state index contributed by atoms with van der Waals surface area (Å²) >= 11 is 0. The van der Waals surface area contributed by atoms with Gasteiger partial charge in [-0.1, -0.05) is 26.2 Å². The molecule has 1 aliphatic rings. The number of hydrogen-bond acceptors (Lipinski definition) is 3. The zero-order valence-corrected chi connectivity index (χ0v) is 11.7. The van der Waals surface area contributed by atoms with Gasteiger partial charge in [0.25, 0.3) is 5.69 Å². The van der Waals surface area contributed by atoms with E-state index in [1.807, 2.05) is 12.1 Å². The van der Waals surface area contributed by atoms with E-state index in [4.69, 9.17) is 0 Å². The van der Waals surface area contributed by atoms with Crippen LogP contribution in [0.4, 0.5) is 11.4 Å². The van der Waals surface area contributed by atoms with E-state index < -0.39 is 0 Å². The molecule has 0 amide bonds. The first kappa shape index (κ1) is 13.8. The van der Waals surface area contributed by atoms with Crippen molar-refractivity contribution in [3.05, 3.63) is 33.9 Å². The van der Waals surface area contributed by atoms with E-state index in [1.54, 1.807) is 13.0 Å². The fourth-order valence-corrected chi connectivity index (χ4v) is 3.05. The SMILES string of the molecule is CCC1CCCCC1Nc1ccc([N+](=O)[O-])c(C)c1. The topological polar surface area (TPSA) is 55.2 Å². The smallest absolute Gasteiger partial charge is 0.272 e. The van der Waals surface area contributed by atoms with Crippen LogP contribution < -0.4 is 5.32 Å². The second-order valence-corrected chi connectivity index (χ2v) is 5.46. The van der Waals surface area contributed by atoms with Crippen molar-refractivity contribution in [3.8, 4) is 0 Å². The zero-order chi connectivity index (χ0) is 13.8. The number of nitrogens with zero attached hydrogens (tertiary/aromatic N) is 1. The van der Waals surface area contributed by atoms with Crippen LogP contribution in [-0.2, 0) is 0 Å². The number of benzene rings is 1. The van der Waals surface area contributed by atoms with Crippen molar-refractivity contribution in [1.29, 1.82) is 0 Å². The van der Waals surface area contributed by atoms with Gasteiger partial charge in [0.1, 0.15) is 0 Å². The Bertz CT molecular complexity index is 459. The molecule has 0 aliphatic heterocycles. The molecule has 0 aromatic heterocycles. The highest BCUT2D eigenvalue weighted by molar-refractivity contribution is 5.54. The minimum absolute atomic E-state index is 0.196. The average Bonchev–Trinajstić information content (AvgIpc) is 2.39. The monoisotopic (exact) mass is 262 g/mol. The molecule has 1 aromatic rings. The maximum atomic E-state index is 10.8. The Labute approximate surface area is 114 Å². The molecule has 2 atom stereocenters. The molecular weight excluding hydrogens is 240 g/mol. The second-order valence-electron chi connectivity index (χ2n) is 5.46. The minimum atomic E-state index is -0.325. The van der Waals surface area contributed by atoms with E-state index in [0.29, 0.717) is 6.04 Å². The van der Waals surface area contributed by atoms with Crippen LogP contribution in [0.5, 0.6) is 0 Å². The van der Waals surface area contributed by atoms with Gasteiger partial charge < -0.3 is 5.32 Å². The standard InChI is InChI=1S/C15H22N2O2/c1-3-12-6-4-5-7-14(12)16-13-8-9-15(17(18)19)11(2)10-13/h8-10,12,14,16H,3-7H2,1-2H3. The zero-order valence-electron chi connectivity index (χ0n) is 11.7. The van der Waals surface area contributed by atoms with Crippen LogP contribution >= 0.6 is 0 Å². The first-order chi connectivity index (χ1) is 9.11. The normalized spacial score (nSPS) is 23.1. The van der Waals surface area contributed by atoms with Crippen LogP contribution in [0.25, 0.3) is 0 Å². The summed E-state index contributed by atoms with van der Waals surface area (Å²) in [4.78, 5) is 10.5. The van der Waals surface area contributed by atoms with Crippen LogP contribution in [-0.4, -0.2) is 11.0 Å². The molecule has 0 bridgehead atoms. The summed E-state index contributed by atoms with van der Waals surface area (Å²) in [7, 11) is 0. The van der Waals surface area contributed by atoms with E-state index in [9.17, 15) is 10.1 Å². The van der Waals surface area contributed by atoms with Gasteiger partial charge in [0, 0.05) is 23.4 Å². The molecular formula is C15H22N2O2. The van der Waals surface area contributed by atoms with E-state index in [2.05, 4.69) is 12.2 Å². The lowest BCUT2D eigenvalue weighted by Crippen LogP contribution is -2.31. The lowest BCUT2D eigenvalue weighted by Gasteiger charge is -2.32. The van der Waals surface area contributed by atoms with Gasteiger partial charge in [-0.25, -0.2) is 0 Å². The van der Waals surface area contributed by atoms with Crippen LogP contribution in [0.2, 0.25) is 0 Å². The highest BCUT2D eigenvalue weighted by Gasteiger charge is 2.23. The number of nitro benzene ring substituents is 1. The lowest BCUT2D eigenvalue weighted by atomic mass is 9.83. The number of aryl methyl sites for hydroxylation is 1. The first-order valence-corrected chi connectivity index (χ1v) is 7.13. The largest absolute Gasteiger partial charge is 0.382 e. The Morgan fingerprint density at radius 2 is 2.11 bits per heavy atom. The Morgan fingerprint density at radius 3 is 2.74 bits per heavy atom. The molecule has 104 valence electrons. The van der Waals surface area contributed by atoms with Gasteiger partial charge in [-0.05, 0) is 37.8 Å². The van der Waals surface area contributed by atoms with Crippen LogP contribution in [0.1, 0.15) is 44.6 Å². The molecule has 0 heterocycles. The van der Waals surface area contributed by atoms with Gasteiger partial charge in [0.15, 0.2) is 0 Å². The van der Waals surface area contributed by atoms with Crippen molar-refractivity contribution in [2.24, 2.45) is 5.92 Å². The van der Waals surface area contributed by atoms with Crippen LogP contribution in [0.15, 0.2) is 18.2 Å². The molecule has 2 unspecified atom stereocenters. The number of rotatable bonds is 4. The van der Waals surface area contributed by atoms with Gasteiger partial charge in [0.2, 0.25) is 0 Å². The number of anilines is 1. The quantitative estimate of drug-likeness (QED) is 0.650. The summed E-state index contributed by atoms with van der Waals surface area (Å²) < 4.78 is 0. The molecule has 1 aromatic carbocycles. The molecule has 19 heavy (non-hydrogen) atoms. The molecule has 0 spiro atoms. The summed E-state index contributed by atoms with van der Waals surface area (Å²) in [6.45, 7) is 4.03. The third-order valence-corrected chi connectivity index (χ3v) is 4.18. The van der Waals surface area contributed by atoms with Crippen molar-refractivity contribution in [1.82, 2.24) is 0 Å². The third kappa shape index (κ3) is 3.25. The summed E-state index contributed by atoms with van der Waals surface area (Å²) in [5.41, 5.74) is 1.92. The Hall–Kier alpha value is -1.58. The van der Waals surface area contributed by atoms with Gasteiger partial charge in [0.05, 0.1) is 4.92 Å². The fraction of sp³-hybridized carbons (Fsp3) is 0.600. The molecule has 0 saturated heterocycles. The minimum Gasteiger partial charge on any atom is -0.382 e. The van der Waals surface area contributed by atoms with Gasteiger partial charge >= 0.3 is 0 Å². The first-order valence-electron chi connectivity index (χ1n) is 7.13. The summed E-state index contributed by atoms with van der Waals surface area (Å²) in [6, 6.07) is 5.83. The van der Waals surface area contributed by atoms with E-state index in [1.165, 1.54) is 32.1 Å². The second kappa shape index (κ2) is 6.04. The molecule has 2 rings (SSSR count). The fourth-order valence-electron chi connectivity index (χ4n) is 3.05. The maximum absolute atomic E-state index is 10.8. The predicted molar refractivity (Wildman–Crippen MR) is 77.5 cm³/mol. The van der Waals surface area contributed by atoms with E-state index >= 15 is 0 Å². The van der Waals surface area contributed by atoms with Crippen LogP contribution in [0.3, 0.4) is 0 Å². The highest BCUT2D eigenvalue weighted by Crippen LogP contribution is 2.30. The van der Waals surface area contributed by atoms with Gasteiger partial charge in [-0.3, -0.25) is 10.1 Å². The molecule has 4 nitrogen and oxygen atoms in total. The molecule has 4 heteroatoms. The molecule has 0 radical (unpaired) electrons. The van der Waals surface area contributed by atoms with Crippen molar-refractivity contribution < 1.29 is 4.92 Å². The molecule has 1 N–H and O–H groups in total. The van der Waals surface area contributed by atoms with Crippen molar-refractivity contribution in [2.45, 2.75) is 52.0 Å². The Kier molecular flexibility index (Phi) is 4.40. The summed E-state index contributed by atoms with van der Waals surface area (Å²) in [6.07, 6.45) is 6.30. The Morgan fingerprint density at radius 1 is 1.37 bits per heavy atom. The highest BCUT2D eigenvalue weighted by atomic mass is 16.6. The third-order valence-electron chi connectivity index (χ3n) is 4.18. The number of nitro groups is 1. The number of hydrogen-bond donors (Lipinski definition) is 1. The average molecular weight is 262 g/mol. The van der Waals surface area contributed by atoms with E-state index in [0.717, 1.165) is 17.2 Å². The van der Waals surface area contributed by atoms with Gasteiger partial charge in [-0.15, -0.1) is 0 Å². The summed E-state index contributed by atoms with van der Waals surface area (Å²) in [5, 5.41) is 14.4. The molecule has 1 fully saturated rings. The van der Waals surface area contributed by atoms with Crippen molar-refractivity contribution in [2.75, 3.05) is 5.32 Å². The molecule has 1 saturated carbocycles. The number of nitrogens with one attached hydrogen (secondary N) is 1. The lowest BCUT2D eigenvalue weighted by molar-refractivity contribution is -0.385. The van der Waals surface area contributed by atoms with Crippen molar-refractivity contribution in [3.63, 3.8) is 0 Å². The van der Waals surface area contributed by atoms with Crippen molar-refractivity contribution >= 4 is 11.4 Å². The maximum Gasteiger partial charge on any atom is 0.272 e.